The van der Waals surface area contributed by atoms with E-state index in [9.17, 15) is 9.59 Å². The number of carbonyl (C=O) groups is 2. The van der Waals surface area contributed by atoms with Gasteiger partial charge in [-0.15, -0.1) is 0 Å². The molecule has 3 rings (SSSR count). The van der Waals surface area contributed by atoms with E-state index >= 15 is 0 Å². The maximum atomic E-state index is 13.1. The van der Waals surface area contributed by atoms with Gasteiger partial charge in [0.05, 0.1) is 11.0 Å². The van der Waals surface area contributed by atoms with Crippen LogP contribution in [-0.4, -0.2) is 37.7 Å². The zero-order valence-electron chi connectivity index (χ0n) is 20.3. The van der Waals surface area contributed by atoms with Gasteiger partial charge in [-0.25, -0.2) is 0 Å². The highest BCUT2D eigenvalue weighted by atomic mass is 16.7. The van der Waals surface area contributed by atoms with Crippen LogP contribution >= 0.6 is 0 Å². The van der Waals surface area contributed by atoms with Gasteiger partial charge < -0.3 is 14.2 Å². The van der Waals surface area contributed by atoms with Gasteiger partial charge in [0, 0.05) is 37.2 Å². The summed E-state index contributed by atoms with van der Waals surface area (Å²) in [5.74, 6) is 0.671. The van der Waals surface area contributed by atoms with Crippen molar-refractivity contribution in [2.75, 3.05) is 19.8 Å². The van der Waals surface area contributed by atoms with Gasteiger partial charge in [0.1, 0.15) is 12.4 Å². The molecule has 1 aliphatic rings. The maximum Gasteiger partial charge on any atom is 0.166 e. The molecule has 0 aromatic heterocycles. The van der Waals surface area contributed by atoms with Crippen molar-refractivity contribution in [3.63, 3.8) is 0 Å². The number of hydrogen-bond donors (Lipinski definition) is 0. The van der Waals surface area contributed by atoms with Crippen LogP contribution in [0.5, 0.6) is 5.75 Å². The average molecular weight is 453 g/mol. The van der Waals surface area contributed by atoms with Gasteiger partial charge in [-0.1, -0.05) is 37.3 Å². The van der Waals surface area contributed by atoms with Gasteiger partial charge in [-0.05, 0) is 57.7 Å². The van der Waals surface area contributed by atoms with Crippen LogP contribution in [0.3, 0.4) is 0 Å². The van der Waals surface area contributed by atoms with Gasteiger partial charge >= 0.3 is 0 Å². The Kier molecular flexibility index (Phi) is 8.81. The van der Waals surface area contributed by atoms with E-state index in [4.69, 9.17) is 14.2 Å². The molecule has 33 heavy (non-hydrogen) atoms. The summed E-state index contributed by atoms with van der Waals surface area (Å²) < 4.78 is 17.2. The van der Waals surface area contributed by atoms with E-state index in [1.165, 1.54) is 0 Å². The molecule has 5 nitrogen and oxygen atoms in total. The molecule has 0 bridgehead atoms. The Morgan fingerprint density at radius 3 is 2.33 bits per heavy atom. The highest BCUT2D eigenvalue weighted by Gasteiger charge is 2.40. The molecule has 0 saturated carbocycles. The lowest BCUT2D eigenvalue weighted by molar-refractivity contribution is -0.140. The molecule has 1 heterocycles. The summed E-state index contributed by atoms with van der Waals surface area (Å²) in [4.78, 5) is 25.9. The van der Waals surface area contributed by atoms with Crippen LogP contribution in [0.2, 0.25) is 0 Å². The minimum absolute atomic E-state index is 0.00511. The van der Waals surface area contributed by atoms with Crippen LogP contribution in [0.25, 0.3) is 0 Å². The van der Waals surface area contributed by atoms with Crippen LogP contribution in [0.4, 0.5) is 0 Å². The van der Waals surface area contributed by atoms with E-state index in [2.05, 4.69) is 19.1 Å². The molecule has 178 valence electrons. The molecule has 0 aliphatic carbocycles. The highest BCUT2D eigenvalue weighted by molar-refractivity contribution is 6.04. The van der Waals surface area contributed by atoms with Crippen molar-refractivity contribution in [3.05, 3.63) is 64.7 Å². The van der Waals surface area contributed by atoms with Crippen molar-refractivity contribution in [2.45, 2.75) is 71.5 Å². The summed E-state index contributed by atoms with van der Waals surface area (Å²) in [7, 11) is 0. The smallest absolute Gasteiger partial charge is 0.166 e. The number of ketones is 2. The third-order valence-corrected chi connectivity index (χ3v) is 6.34. The number of rotatable bonds is 13. The molecule has 5 heteroatoms. The molecule has 0 unspecified atom stereocenters. The fraction of sp³-hybridized carbons (Fsp3) is 0.500. The van der Waals surface area contributed by atoms with Crippen LogP contribution in [-0.2, 0) is 14.9 Å². The van der Waals surface area contributed by atoms with Crippen LogP contribution in [0.15, 0.2) is 42.5 Å². The largest absolute Gasteiger partial charge is 0.491 e. The second kappa shape index (κ2) is 11.6. The standard InChI is InChI=1S/C28H36O5/c1-5-24(29)22-17-20(25(30)15-11-12-16-26(31-6-2)32-7-3)18-23-27(22)33-19-28(23,4)21-13-9-8-10-14-21/h8-10,13-14,17-18,26H,5-7,11-12,15-16,19H2,1-4H3/t28-/m0/s1. The first-order valence-corrected chi connectivity index (χ1v) is 12.1. The Hall–Kier alpha value is -2.50. The Morgan fingerprint density at radius 1 is 1.00 bits per heavy atom. The van der Waals surface area contributed by atoms with Gasteiger partial charge in [-0.2, -0.15) is 0 Å². The first kappa shape index (κ1) is 25.1. The molecule has 0 radical (unpaired) electrons. The molecule has 0 N–H and O–H groups in total. The number of unbranched alkanes of at least 4 members (excludes halogenated alkanes) is 1. The van der Waals surface area contributed by atoms with E-state index in [1.54, 1.807) is 6.07 Å². The summed E-state index contributed by atoms with van der Waals surface area (Å²) in [6.07, 6.45) is 2.92. The van der Waals surface area contributed by atoms with E-state index in [1.807, 2.05) is 45.0 Å². The van der Waals surface area contributed by atoms with E-state index in [0.717, 1.165) is 30.4 Å². The first-order chi connectivity index (χ1) is 15.9. The lowest BCUT2D eigenvalue weighted by Gasteiger charge is -2.24. The third-order valence-electron chi connectivity index (χ3n) is 6.34. The number of carbonyl (C=O) groups excluding carboxylic acids is 2. The molecule has 2 aromatic carbocycles. The van der Waals surface area contributed by atoms with Gasteiger partial charge in [-0.3, -0.25) is 9.59 Å². The number of ether oxygens (including phenoxy) is 3. The second-order valence-electron chi connectivity index (χ2n) is 8.67. The normalized spacial score (nSPS) is 17.1. The lowest BCUT2D eigenvalue weighted by atomic mass is 9.76. The fourth-order valence-electron chi connectivity index (χ4n) is 4.42. The molecular formula is C28H36O5. The molecule has 1 atom stereocenters. The van der Waals surface area contributed by atoms with Gasteiger partial charge in [0.15, 0.2) is 17.9 Å². The number of fused-ring (bicyclic) bond motifs is 1. The maximum absolute atomic E-state index is 13.1. The predicted molar refractivity (Wildman–Crippen MR) is 129 cm³/mol. The summed E-state index contributed by atoms with van der Waals surface area (Å²) in [6.45, 7) is 9.51. The Labute approximate surface area is 197 Å². The Bertz CT molecular complexity index is 946. The molecule has 0 saturated heterocycles. The lowest BCUT2D eigenvalue weighted by Crippen LogP contribution is -2.25. The Morgan fingerprint density at radius 2 is 1.70 bits per heavy atom. The number of hydrogen-bond acceptors (Lipinski definition) is 5. The number of benzene rings is 2. The van der Waals surface area contributed by atoms with Crippen molar-refractivity contribution in [2.24, 2.45) is 0 Å². The van der Waals surface area contributed by atoms with E-state index in [0.29, 0.717) is 49.5 Å². The van der Waals surface area contributed by atoms with Crippen LogP contribution in [0, 0.1) is 0 Å². The molecule has 0 spiro atoms. The highest BCUT2D eigenvalue weighted by Crippen LogP contribution is 2.46. The third kappa shape index (κ3) is 5.71. The SMILES string of the molecule is CCOC(CCCCC(=O)c1cc(C(=O)CC)c2c(c1)[C@](C)(c1ccccc1)CO2)OCC. The van der Waals surface area contributed by atoms with E-state index in [-0.39, 0.29) is 17.9 Å². The average Bonchev–Trinajstić information content (AvgIpc) is 3.19. The summed E-state index contributed by atoms with van der Waals surface area (Å²) in [5, 5.41) is 0. The minimum Gasteiger partial charge on any atom is -0.491 e. The van der Waals surface area contributed by atoms with Crippen LogP contribution < -0.4 is 4.74 Å². The molecule has 0 amide bonds. The van der Waals surface area contributed by atoms with E-state index < -0.39 is 5.41 Å². The molecule has 0 fully saturated rings. The molecular weight excluding hydrogens is 416 g/mol. The van der Waals surface area contributed by atoms with Crippen molar-refractivity contribution < 1.29 is 23.8 Å². The van der Waals surface area contributed by atoms with Gasteiger partial charge in [0.2, 0.25) is 0 Å². The van der Waals surface area contributed by atoms with Gasteiger partial charge in [0.25, 0.3) is 0 Å². The van der Waals surface area contributed by atoms with Crippen LogP contribution in [0.1, 0.15) is 91.6 Å². The fourth-order valence-corrected chi connectivity index (χ4v) is 4.42. The second-order valence-corrected chi connectivity index (χ2v) is 8.67. The van der Waals surface area contributed by atoms with Crippen molar-refractivity contribution in [1.29, 1.82) is 0 Å². The predicted octanol–water partition coefficient (Wildman–Crippen LogP) is 6.12. The summed E-state index contributed by atoms with van der Waals surface area (Å²) in [6, 6.07) is 13.8. The first-order valence-electron chi connectivity index (χ1n) is 12.1. The summed E-state index contributed by atoms with van der Waals surface area (Å²) in [5.41, 5.74) is 2.73. The topological polar surface area (TPSA) is 61.8 Å². The monoisotopic (exact) mass is 452 g/mol. The molecule has 1 aliphatic heterocycles. The van der Waals surface area contributed by atoms with Crippen molar-refractivity contribution >= 4 is 11.6 Å². The zero-order chi connectivity index (χ0) is 23.8. The molecule has 2 aromatic rings. The Balaban J connectivity index is 1.81. The number of Topliss-reactive ketones (excluding diaryl/α,β-unsaturated/α-hetero) is 2. The zero-order valence-corrected chi connectivity index (χ0v) is 20.3. The van der Waals surface area contributed by atoms with Crippen molar-refractivity contribution in [1.82, 2.24) is 0 Å². The summed E-state index contributed by atoms with van der Waals surface area (Å²) >= 11 is 0. The minimum atomic E-state index is -0.405. The quantitative estimate of drug-likeness (QED) is 0.208. The van der Waals surface area contributed by atoms with Crippen molar-refractivity contribution in [3.8, 4) is 5.75 Å².